The lowest BCUT2D eigenvalue weighted by Gasteiger charge is -2.23. The van der Waals surface area contributed by atoms with Gasteiger partial charge < -0.3 is 29.2 Å². The van der Waals surface area contributed by atoms with Crippen molar-refractivity contribution >= 4 is 23.9 Å². The number of aliphatic hydroxyl groups excluding tert-OH is 2. The van der Waals surface area contributed by atoms with E-state index in [1.54, 1.807) is 55.4 Å². The summed E-state index contributed by atoms with van der Waals surface area (Å²) in [6.07, 6.45) is 0.268. The van der Waals surface area contributed by atoms with Crippen LogP contribution >= 0.6 is 0 Å². The minimum atomic E-state index is -1.24. The van der Waals surface area contributed by atoms with E-state index in [1.165, 1.54) is 0 Å². The van der Waals surface area contributed by atoms with Gasteiger partial charge in [0.05, 0.1) is 34.9 Å². The van der Waals surface area contributed by atoms with Crippen molar-refractivity contribution in [2.24, 2.45) is 21.7 Å². The van der Waals surface area contributed by atoms with Crippen molar-refractivity contribution in [1.29, 1.82) is 0 Å². The summed E-state index contributed by atoms with van der Waals surface area (Å²) in [6.45, 7) is 37.9. The van der Waals surface area contributed by atoms with Crippen LogP contribution in [0.25, 0.3) is 0 Å². The smallest absolute Gasteiger partial charge is 0.313 e. The van der Waals surface area contributed by atoms with Crippen LogP contribution in [0.2, 0.25) is 0 Å². The van der Waals surface area contributed by atoms with E-state index in [2.05, 4.69) is 0 Å². The topological polar surface area (TPSA) is 146 Å². The van der Waals surface area contributed by atoms with Gasteiger partial charge in [0.1, 0.15) is 0 Å². The van der Waals surface area contributed by atoms with E-state index in [0.29, 0.717) is 25.7 Å². The summed E-state index contributed by atoms with van der Waals surface area (Å²) in [6, 6.07) is 0. The molecule has 0 rings (SSSR count). The zero-order valence-corrected chi connectivity index (χ0v) is 35.0. The van der Waals surface area contributed by atoms with Gasteiger partial charge in [0, 0.05) is 12.8 Å². The minimum Gasteiger partial charge on any atom is -0.465 e. The highest BCUT2D eigenvalue weighted by atomic mass is 16.6. The fourth-order valence-electron chi connectivity index (χ4n) is 2.16. The largest absolute Gasteiger partial charge is 0.465 e. The van der Waals surface area contributed by atoms with Gasteiger partial charge in [-0.25, -0.2) is 0 Å². The summed E-state index contributed by atoms with van der Waals surface area (Å²) in [5.74, 6) is -1.53. The van der Waals surface area contributed by atoms with E-state index in [-0.39, 0.29) is 38.0 Å². The highest BCUT2D eigenvalue weighted by Crippen LogP contribution is 2.25. The maximum Gasteiger partial charge on any atom is 0.313 e. The average Bonchev–Trinajstić information content (AvgIpc) is 3.08. The number of carbonyl (C=O) groups excluding carboxylic acids is 4. The Morgan fingerprint density at radius 2 is 0.625 bits per heavy atom. The van der Waals surface area contributed by atoms with Crippen LogP contribution in [0.5, 0.6) is 0 Å². The van der Waals surface area contributed by atoms with Crippen molar-refractivity contribution in [2.75, 3.05) is 13.2 Å². The van der Waals surface area contributed by atoms with Crippen LogP contribution in [0.1, 0.15) is 177 Å². The van der Waals surface area contributed by atoms with Crippen LogP contribution in [-0.4, -0.2) is 59.9 Å². The number of aliphatic hydroxyl groups is 2. The molecule has 0 aliphatic rings. The van der Waals surface area contributed by atoms with Gasteiger partial charge in [-0.05, 0) is 81.1 Å². The molecule has 0 aromatic rings. The van der Waals surface area contributed by atoms with Crippen LogP contribution in [-0.2, 0) is 38.1 Å². The standard InChI is InChI=1S/2C15H28O5.4C2H6/c2*1-7-14(3,4)12(17)19-10-9-11(16)20-13(18)15(5,6)8-2;4*1-2/h2*11,16H,7-10H2,1-6H3;4*1-2H3. The fourth-order valence-corrected chi connectivity index (χ4v) is 2.16. The molecule has 0 fully saturated rings. The second-order valence-corrected chi connectivity index (χ2v) is 12.5. The molecule has 0 aromatic carbocycles. The molecule has 292 valence electrons. The van der Waals surface area contributed by atoms with Crippen LogP contribution < -0.4 is 0 Å². The third-order valence-electron chi connectivity index (χ3n) is 7.43. The third kappa shape index (κ3) is 27.7. The van der Waals surface area contributed by atoms with Crippen LogP contribution in [0, 0.1) is 21.7 Å². The lowest BCUT2D eigenvalue weighted by Crippen LogP contribution is -2.31. The Hall–Kier alpha value is -2.20. The molecule has 0 aliphatic heterocycles. The first kappa shape index (κ1) is 58.0. The number of hydrogen-bond acceptors (Lipinski definition) is 10. The first-order valence-electron chi connectivity index (χ1n) is 18.3. The first-order valence-corrected chi connectivity index (χ1v) is 18.3. The van der Waals surface area contributed by atoms with Gasteiger partial charge in [0.25, 0.3) is 0 Å². The SMILES string of the molecule is CC.CC.CC.CC.CCC(C)(C)C(=O)OCCC(O)OC(=O)C(C)(C)CC.CCC(C)(C)C(=O)OCCC(O)OC(=O)C(C)(C)CC. The van der Waals surface area contributed by atoms with Gasteiger partial charge in [0.15, 0.2) is 0 Å². The Labute approximate surface area is 296 Å². The highest BCUT2D eigenvalue weighted by Gasteiger charge is 2.31. The molecule has 0 saturated heterocycles. The highest BCUT2D eigenvalue weighted by molar-refractivity contribution is 5.77. The fraction of sp³-hybridized carbons (Fsp3) is 0.895. The summed E-state index contributed by atoms with van der Waals surface area (Å²) in [5.41, 5.74) is -2.32. The molecule has 0 amide bonds. The number of hydrogen-bond donors (Lipinski definition) is 2. The Balaban J connectivity index is -0.000000152. The molecule has 0 saturated carbocycles. The molecule has 10 nitrogen and oxygen atoms in total. The molecule has 0 aromatic heterocycles. The van der Waals surface area contributed by atoms with E-state index in [1.807, 2.05) is 83.1 Å². The van der Waals surface area contributed by atoms with E-state index >= 15 is 0 Å². The van der Waals surface area contributed by atoms with Crippen molar-refractivity contribution in [3.8, 4) is 0 Å². The third-order valence-corrected chi connectivity index (χ3v) is 7.43. The predicted octanol–water partition coefficient (Wildman–Crippen LogP) is 9.41. The number of rotatable bonds is 16. The van der Waals surface area contributed by atoms with Crippen molar-refractivity contribution in [3.05, 3.63) is 0 Å². The molecule has 2 N–H and O–H groups in total. The van der Waals surface area contributed by atoms with Crippen LogP contribution in [0.3, 0.4) is 0 Å². The average molecular weight is 697 g/mol. The van der Waals surface area contributed by atoms with Crippen molar-refractivity contribution in [3.63, 3.8) is 0 Å². The van der Waals surface area contributed by atoms with Gasteiger partial charge in [0.2, 0.25) is 12.6 Å². The minimum absolute atomic E-state index is 0.0310. The molecular formula is C38H80O10. The van der Waals surface area contributed by atoms with Gasteiger partial charge in [-0.3, -0.25) is 19.2 Å². The second kappa shape index (κ2) is 32.0. The van der Waals surface area contributed by atoms with E-state index in [0.717, 1.165) is 0 Å². The summed E-state index contributed by atoms with van der Waals surface area (Å²) in [4.78, 5) is 46.8. The van der Waals surface area contributed by atoms with Gasteiger partial charge in [-0.2, -0.15) is 0 Å². The Bertz CT molecular complexity index is 735. The Kier molecular flexibility index (Phi) is 38.7. The van der Waals surface area contributed by atoms with Gasteiger partial charge in [-0.15, -0.1) is 0 Å². The maximum atomic E-state index is 11.7. The summed E-state index contributed by atoms with van der Waals surface area (Å²) < 4.78 is 20.0. The summed E-state index contributed by atoms with van der Waals surface area (Å²) in [7, 11) is 0. The molecule has 0 heterocycles. The molecule has 48 heavy (non-hydrogen) atoms. The molecule has 10 heteroatoms. The molecule has 0 radical (unpaired) electrons. The van der Waals surface area contributed by atoms with E-state index in [4.69, 9.17) is 18.9 Å². The molecule has 0 bridgehead atoms. The summed E-state index contributed by atoms with van der Waals surface area (Å²) >= 11 is 0. The Morgan fingerprint density at radius 1 is 0.438 bits per heavy atom. The first-order chi connectivity index (χ1) is 22.1. The lowest BCUT2D eigenvalue weighted by atomic mass is 9.90. The van der Waals surface area contributed by atoms with Gasteiger partial charge in [-0.1, -0.05) is 83.1 Å². The molecular weight excluding hydrogens is 616 g/mol. The van der Waals surface area contributed by atoms with Crippen LogP contribution in [0.15, 0.2) is 0 Å². The number of esters is 4. The molecule has 0 spiro atoms. The van der Waals surface area contributed by atoms with E-state index < -0.39 is 46.2 Å². The molecule has 0 aliphatic carbocycles. The zero-order valence-electron chi connectivity index (χ0n) is 35.0. The predicted molar refractivity (Wildman–Crippen MR) is 197 cm³/mol. The maximum absolute atomic E-state index is 11.7. The van der Waals surface area contributed by atoms with E-state index in [9.17, 15) is 29.4 Å². The van der Waals surface area contributed by atoms with Crippen LogP contribution in [0.4, 0.5) is 0 Å². The number of carbonyl (C=O) groups is 4. The van der Waals surface area contributed by atoms with Crippen molar-refractivity contribution in [2.45, 2.75) is 190 Å². The Morgan fingerprint density at radius 3 is 0.812 bits per heavy atom. The normalized spacial score (nSPS) is 12.0. The van der Waals surface area contributed by atoms with Crippen molar-refractivity contribution < 1.29 is 48.3 Å². The van der Waals surface area contributed by atoms with Crippen molar-refractivity contribution in [1.82, 2.24) is 0 Å². The molecule has 2 unspecified atom stereocenters. The number of ether oxygens (including phenoxy) is 4. The monoisotopic (exact) mass is 697 g/mol. The molecule has 2 atom stereocenters. The zero-order chi connectivity index (χ0) is 39.9. The second-order valence-electron chi connectivity index (χ2n) is 12.5. The summed E-state index contributed by atoms with van der Waals surface area (Å²) in [5, 5.41) is 19.2. The van der Waals surface area contributed by atoms with Gasteiger partial charge >= 0.3 is 23.9 Å². The quantitative estimate of drug-likeness (QED) is 0.0909. The lowest BCUT2D eigenvalue weighted by molar-refractivity contribution is -0.183.